The summed E-state index contributed by atoms with van der Waals surface area (Å²) in [5, 5.41) is 1.15. The summed E-state index contributed by atoms with van der Waals surface area (Å²) in [4.78, 5) is 33.9. The van der Waals surface area contributed by atoms with Crippen LogP contribution in [-0.2, 0) is 6.54 Å². The fraction of sp³-hybridized carbons (Fsp3) is 0.381. The molecular weight excluding hydrogens is 394 g/mol. The minimum atomic E-state index is -0.135. The highest BCUT2D eigenvalue weighted by atomic mass is 35.5. The Labute approximate surface area is 172 Å². The van der Waals surface area contributed by atoms with Gasteiger partial charge in [0.1, 0.15) is 4.83 Å². The summed E-state index contributed by atoms with van der Waals surface area (Å²) in [7, 11) is 0. The molecule has 0 bridgehead atoms. The molecule has 3 aromatic rings. The van der Waals surface area contributed by atoms with Gasteiger partial charge in [-0.2, -0.15) is 0 Å². The number of rotatable bonds is 3. The highest BCUT2D eigenvalue weighted by molar-refractivity contribution is 7.20. The van der Waals surface area contributed by atoms with E-state index in [-0.39, 0.29) is 17.5 Å². The maximum atomic E-state index is 13.1. The number of likely N-dealkylation sites (tertiary alicyclic amines) is 1. The average molecular weight is 416 g/mol. The maximum absolute atomic E-state index is 13.1. The van der Waals surface area contributed by atoms with Gasteiger partial charge in [0.05, 0.1) is 23.1 Å². The Morgan fingerprint density at radius 3 is 2.86 bits per heavy atom. The molecule has 1 amide bonds. The van der Waals surface area contributed by atoms with Gasteiger partial charge in [0.2, 0.25) is 0 Å². The van der Waals surface area contributed by atoms with Gasteiger partial charge in [-0.3, -0.25) is 14.2 Å². The molecule has 1 unspecified atom stereocenters. The fourth-order valence-corrected chi connectivity index (χ4v) is 5.11. The van der Waals surface area contributed by atoms with E-state index in [1.54, 1.807) is 17.0 Å². The predicted molar refractivity (Wildman–Crippen MR) is 114 cm³/mol. The van der Waals surface area contributed by atoms with E-state index in [1.165, 1.54) is 11.3 Å². The van der Waals surface area contributed by atoms with Crippen molar-refractivity contribution in [3.8, 4) is 0 Å². The van der Waals surface area contributed by atoms with E-state index < -0.39 is 0 Å². The van der Waals surface area contributed by atoms with Gasteiger partial charge in [-0.15, -0.1) is 11.3 Å². The quantitative estimate of drug-likeness (QED) is 0.633. The lowest BCUT2D eigenvalue weighted by molar-refractivity contribution is 0.0640. The standard InChI is InChI=1S/C21H22ClN3O2S/c1-13-7-5-6-10-25(13)21(27)18-14(2)17-19(28-18)23-12-24(20(17)26)11-15-8-3-4-9-16(15)22/h3-4,8-9,12-13H,5-7,10-11H2,1-2H3. The van der Waals surface area contributed by atoms with E-state index in [1.807, 2.05) is 30.0 Å². The molecule has 1 aromatic carbocycles. The minimum absolute atomic E-state index is 0.0183. The van der Waals surface area contributed by atoms with E-state index >= 15 is 0 Å². The normalized spacial score (nSPS) is 17.2. The number of fused-ring (bicyclic) bond motifs is 1. The number of halogens is 1. The number of hydrogen-bond acceptors (Lipinski definition) is 4. The molecule has 146 valence electrons. The number of amides is 1. The van der Waals surface area contributed by atoms with Gasteiger partial charge >= 0.3 is 0 Å². The Morgan fingerprint density at radius 2 is 2.11 bits per heavy atom. The third kappa shape index (κ3) is 3.35. The van der Waals surface area contributed by atoms with Crippen molar-refractivity contribution in [2.45, 2.75) is 45.7 Å². The maximum Gasteiger partial charge on any atom is 0.264 e. The average Bonchev–Trinajstić information content (AvgIpc) is 3.03. The number of hydrogen-bond donors (Lipinski definition) is 0. The lowest BCUT2D eigenvalue weighted by Gasteiger charge is -2.33. The highest BCUT2D eigenvalue weighted by Gasteiger charge is 2.28. The van der Waals surface area contributed by atoms with Crippen LogP contribution in [0.25, 0.3) is 10.2 Å². The van der Waals surface area contributed by atoms with Gasteiger partial charge in [0.15, 0.2) is 0 Å². The molecule has 7 heteroatoms. The molecule has 1 atom stereocenters. The SMILES string of the molecule is Cc1c(C(=O)N2CCCCC2C)sc2ncn(Cc3ccccc3Cl)c(=O)c12. The summed E-state index contributed by atoms with van der Waals surface area (Å²) in [6.45, 7) is 5.07. The van der Waals surface area contributed by atoms with Crippen LogP contribution in [0.2, 0.25) is 5.02 Å². The largest absolute Gasteiger partial charge is 0.335 e. The third-order valence-electron chi connectivity index (χ3n) is 5.47. The summed E-state index contributed by atoms with van der Waals surface area (Å²) in [6, 6.07) is 7.69. The van der Waals surface area contributed by atoms with Gasteiger partial charge in [0, 0.05) is 17.6 Å². The van der Waals surface area contributed by atoms with Crippen molar-refractivity contribution in [2.24, 2.45) is 0 Å². The number of aryl methyl sites for hydroxylation is 1. The second-order valence-corrected chi connectivity index (χ2v) is 8.75. The molecule has 28 heavy (non-hydrogen) atoms. The van der Waals surface area contributed by atoms with Crippen molar-refractivity contribution in [2.75, 3.05) is 6.54 Å². The molecule has 0 radical (unpaired) electrons. The first kappa shape index (κ1) is 19.2. The van der Waals surface area contributed by atoms with Crippen LogP contribution < -0.4 is 5.56 Å². The van der Waals surface area contributed by atoms with Gasteiger partial charge < -0.3 is 4.90 Å². The van der Waals surface area contributed by atoms with Crippen molar-refractivity contribution in [1.29, 1.82) is 0 Å². The zero-order valence-corrected chi connectivity index (χ0v) is 17.5. The van der Waals surface area contributed by atoms with E-state index in [0.717, 1.165) is 36.9 Å². The molecular formula is C21H22ClN3O2S. The lowest BCUT2D eigenvalue weighted by Crippen LogP contribution is -2.41. The van der Waals surface area contributed by atoms with E-state index in [0.29, 0.717) is 26.7 Å². The van der Waals surface area contributed by atoms with Crippen LogP contribution in [0.5, 0.6) is 0 Å². The van der Waals surface area contributed by atoms with E-state index in [9.17, 15) is 9.59 Å². The predicted octanol–water partition coefficient (Wildman–Crippen LogP) is 4.48. The molecule has 1 aliphatic rings. The molecule has 1 saturated heterocycles. The van der Waals surface area contributed by atoms with Crippen molar-refractivity contribution in [3.63, 3.8) is 0 Å². The second-order valence-electron chi connectivity index (χ2n) is 7.35. The number of aromatic nitrogens is 2. The summed E-state index contributed by atoms with van der Waals surface area (Å²) < 4.78 is 1.56. The number of nitrogens with zero attached hydrogens (tertiary/aromatic N) is 3. The molecule has 0 saturated carbocycles. The molecule has 0 spiro atoms. The fourth-order valence-electron chi connectivity index (χ4n) is 3.82. The summed E-state index contributed by atoms with van der Waals surface area (Å²) in [6.07, 6.45) is 4.76. The molecule has 1 fully saturated rings. The third-order valence-corrected chi connectivity index (χ3v) is 7.03. The van der Waals surface area contributed by atoms with Crippen LogP contribution in [-0.4, -0.2) is 32.9 Å². The van der Waals surface area contributed by atoms with Gasteiger partial charge in [-0.25, -0.2) is 4.98 Å². The first-order valence-electron chi connectivity index (χ1n) is 9.50. The van der Waals surface area contributed by atoms with Crippen LogP contribution in [0, 0.1) is 6.92 Å². The first-order valence-corrected chi connectivity index (χ1v) is 10.7. The van der Waals surface area contributed by atoms with Gasteiger partial charge in [0.25, 0.3) is 11.5 Å². The number of carbonyl (C=O) groups is 1. The Balaban J connectivity index is 1.73. The monoisotopic (exact) mass is 415 g/mol. The van der Waals surface area contributed by atoms with Gasteiger partial charge in [-0.1, -0.05) is 29.8 Å². The molecule has 2 aromatic heterocycles. The molecule has 3 heterocycles. The number of benzene rings is 1. The first-order chi connectivity index (χ1) is 13.5. The Morgan fingerprint density at radius 1 is 1.32 bits per heavy atom. The second kappa shape index (κ2) is 7.68. The smallest absolute Gasteiger partial charge is 0.264 e. The zero-order chi connectivity index (χ0) is 19.8. The molecule has 1 aliphatic heterocycles. The minimum Gasteiger partial charge on any atom is -0.335 e. The number of thiophene rings is 1. The van der Waals surface area contributed by atoms with Crippen molar-refractivity contribution in [3.05, 3.63) is 62.0 Å². The van der Waals surface area contributed by atoms with Gasteiger partial charge in [-0.05, 0) is 50.3 Å². The highest BCUT2D eigenvalue weighted by Crippen LogP contribution is 2.30. The lowest BCUT2D eigenvalue weighted by atomic mass is 10.0. The molecule has 0 aliphatic carbocycles. The molecule has 5 nitrogen and oxygen atoms in total. The summed E-state index contributed by atoms with van der Waals surface area (Å²) in [5.74, 6) is 0.0183. The van der Waals surface area contributed by atoms with E-state index in [4.69, 9.17) is 11.6 Å². The Kier molecular flexibility index (Phi) is 5.25. The van der Waals surface area contributed by atoms with Crippen molar-refractivity contribution in [1.82, 2.24) is 14.5 Å². The van der Waals surface area contributed by atoms with Crippen LogP contribution in [0.15, 0.2) is 35.4 Å². The summed E-state index contributed by atoms with van der Waals surface area (Å²) >= 11 is 7.56. The molecule has 4 rings (SSSR count). The zero-order valence-electron chi connectivity index (χ0n) is 15.9. The number of piperidine rings is 1. The van der Waals surface area contributed by atoms with Crippen LogP contribution in [0.4, 0.5) is 0 Å². The van der Waals surface area contributed by atoms with Crippen LogP contribution in [0.3, 0.4) is 0 Å². The number of carbonyl (C=O) groups excluding carboxylic acids is 1. The Hall–Kier alpha value is -2.18. The topological polar surface area (TPSA) is 55.2 Å². The van der Waals surface area contributed by atoms with E-state index in [2.05, 4.69) is 11.9 Å². The molecule has 0 N–H and O–H groups in total. The van der Waals surface area contributed by atoms with Crippen molar-refractivity contribution >= 4 is 39.1 Å². The summed E-state index contributed by atoms with van der Waals surface area (Å²) in [5.41, 5.74) is 1.46. The van der Waals surface area contributed by atoms with Crippen molar-refractivity contribution < 1.29 is 4.79 Å². The van der Waals surface area contributed by atoms with Crippen LogP contribution >= 0.6 is 22.9 Å². The Bertz CT molecular complexity index is 1100. The van der Waals surface area contributed by atoms with Crippen LogP contribution in [0.1, 0.15) is 47.0 Å².